The van der Waals surface area contributed by atoms with Gasteiger partial charge in [-0.15, -0.1) is 5.10 Å². The fraction of sp³-hybridized carbons (Fsp3) is 0.450. The molecule has 0 radical (unpaired) electrons. The van der Waals surface area contributed by atoms with E-state index in [1.54, 1.807) is 29.9 Å². The van der Waals surface area contributed by atoms with E-state index >= 15 is 0 Å². The zero-order chi connectivity index (χ0) is 39.2. The van der Waals surface area contributed by atoms with Crippen molar-refractivity contribution in [2.45, 2.75) is 95.7 Å². The second-order valence-electron chi connectivity index (χ2n) is 14.3. The molecule has 290 valence electrons. The molecule has 7 N–H and O–H groups in total. The number of rotatable bonds is 15. The fourth-order valence-electron chi connectivity index (χ4n) is 6.72. The Morgan fingerprint density at radius 1 is 1.02 bits per heavy atom. The van der Waals surface area contributed by atoms with Crippen LogP contribution in [0.15, 0.2) is 90.2 Å². The number of hydrogen-bond donors (Lipinski definition) is 7. The molecule has 0 aliphatic carbocycles. The van der Waals surface area contributed by atoms with Crippen LogP contribution >= 0.6 is 0 Å². The highest BCUT2D eigenvalue weighted by atomic mass is 16.6. The molecule has 3 heterocycles. The number of ether oxygens (including phenoxy) is 1. The van der Waals surface area contributed by atoms with E-state index in [9.17, 15) is 40.2 Å². The van der Waals surface area contributed by atoms with Crippen LogP contribution in [-0.4, -0.2) is 101 Å². The van der Waals surface area contributed by atoms with E-state index in [2.05, 4.69) is 21.7 Å². The van der Waals surface area contributed by atoms with E-state index in [0.717, 1.165) is 24.0 Å². The Morgan fingerprint density at radius 3 is 2.46 bits per heavy atom. The number of fused-ring (bicyclic) bond motifs is 1. The number of nitrogens with one attached hydrogen (secondary N) is 1. The normalized spacial score (nSPS) is 25.4. The van der Waals surface area contributed by atoms with Gasteiger partial charge in [-0.1, -0.05) is 77.9 Å². The van der Waals surface area contributed by atoms with E-state index < -0.39 is 54.0 Å². The fourth-order valence-corrected chi connectivity index (χ4v) is 6.72. The van der Waals surface area contributed by atoms with Gasteiger partial charge in [-0.2, -0.15) is 0 Å². The van der Waals surface area contributed by atoms with Crippen molar-refractivity contribution < 1.29 is 45.0 Å². The molecule has 0 spiro atoms. The van der Waals surface area contributed by atoms with Crippen LogP contribution in [0.25, 0.3) is 0 Å². The lowest BCUT2D eigenvalue weighted by atomic mass is 9.82. The lowest BCUT2D eigenvalue weighted by molar-refractivity contribution is -0.274. The van der Waals surface area contributed by atoms with Crippen molar-refractivity contribution in [2.24, 2.45) is 5.92 Å². The van der Waals surface area contributed by atoms with Crippen LogP contribution in [-0.2, 0) is 26.5 Å². The van der Waals surface area contributed by atoms with Gasteiger partial charge in [0.25, 0.3) is 11.8 Å². The molecule has 2 aliphatic rings. The highest BCUT2D eigenvalue weighted by Crippen LogP contribution is 2.46. The molecule has 2 aliphatic heterocycles. The first-order chi connectivity index (χ1) is 25.8. The number of aliphatic hydroxyl groups excluding tert-OH is 5. The van der Waals surface area contributed by atoms with Gasteiger partial charge >= 0.3 is 0 Å². The topological polar surface area (TPSA) is 211 Å². The standard InChI is InChI=1S/C40H51N5O9/c1-24(2)11-10-12-25(3)18-20-45-32-17-16-28(41-37(50)36-34(48)33(47)35(49)38(51)54-36)21-30(32)40(53,39(45)52)26(4)13-8-9-19-44-22-31(42-43-44)29(23-46)27-14-6-5-7-15-27/h5-8,11,13-18,21-22,26,29,33-36,38,46-49,51,53H,9-10,12,19-20,23H2,1-4H3,(H,41,50)/b13-8+,25-18+/t26-,29?,33+,34+,35-,36+,38-,40+/m1/s1. The van der Waals surface area contributed by atoms with Gasteiger partial charge in [-0.05, 0) is 63.8 Å². The van der Waals surface area contributed by atoms with Gasteiger partial charge in [0, 0.05) is 36.5 Å². The summed E-state index contributed by atoms with van der Waals surface area (Å²) in [4.78, 5) is 28.8. The van der Waals surface area contributed by atoms with Gasteiger partial charge in [0.05, 0.1) is 23.9 Å². The molecule has 1 aromatic heterocycles. The minimum atomic E-state index is -2.02. The summed E-state index contributed by atoms with van der Waals surface area (Å²) < 4.78 is 6.75. The van der Waals surface area contributed by atoms with Crippen molar-refractivity contribution in [3.05, 3.63) is 107 Å². The summed E-state index contributed by atoms with van der Waals surface area (Å²) in [6.07, 6.45) is 2.62. The number of nitrogens with zero attached hydrogens (tertiary/aromatic N) is 4. The molecule has 14 heteroatoms. The number of benzene rings is 2. The van der Waals surface area contributed by atoms with Crippen molar-refractivity contribution in [3.8, 4) is 0 Å². The van der Waals surface area contributed by atoms with Crippen molar-refractivity contribution in [3.63, 3.8) is 0 Å². The van der Waals surface area contributed by atoms with Crippen LogP contribution in [0, 0.1) is 5.92 Å². The van der Waals surface area contributed by atoms with E-state index in [0.29, 0.717) is 24.3 Å². The summed E-state index contributed by atoms with van der Waals surface area (Å²) >= 11 is 0. The first-order valence-corrected chi connectivity index (χ1v) is 18.1. The molecular weight excluding hydrogens is 694 g/mol. The molecule has 2 aromatic carbocycles. The number of aromatic nitrogens is 3. The molecule has 8 atom stereocenters. The zero-order valence-electron chi connectivity index (χ0n) is 31.0. The number of aryl methyl sites for hydroxylation is 1. The highest BCUT2D eigenvalue weighted by molar-refractivity contribution is 6.08. The summed E-state index contributed by atoms with van der Waals surface area (Å²) in [6, 6.07) is 14.2. The monoisotopic (exact) mass is 745 g/mol. The summed E-state index contributed by atoms with van der Waals surface area (Å²) in [6.45, 7) is 8.36. The molecule has 1 unspecified atom stereocenters. The largest absolute Gasteiger partial charge is 0.395 e. The molecular formula is C40H51N5O9. The molecule has 1 fully saturated rings. The quantitative estimate of drug-likeness (QED) is 0.113. The predicted molar refractivity (Wildman–Crippen MR) is 201 cm³/mol. The van der Waals surface area contributed by atoms with Gasteiger partial charge in [0.2, 0.25) is 0 Å². The lowest BCUT2D eigenvalue weighted by Crippen LogP contribution is -2.60. The van der Waals surface area contributed by atoms with Gasteiger partial charge in [0.1, 0.15) is 18.3 Å². The van der Waals surface area contributed by atoms with Crippen LogP contribution in [0.3, 0.4) is 0 Å². The maximum Gasteiger partial charge on any atom is 0.264 e. The summed E-state index contributed by atoms with van der Waals surface area (Å²) in [5.74, 6) is -2.47. The molecule has 1 saturated heterocycles. The maximum atomic E-state index is 14.2. The molecule has 2 amide bonds. The summed E-state index contributed by atoms with van der Waals surface area (Å²) in [5.41, 5.74) is 2.75. The SMILES string of the molecule is CC(C)=CCC/C(C)=C/CN1C(=O)[C@](O)([C@H](C)/C=C/CCn2cc(C(CO)c3ccccc3)nn2)c2cc(NC(=O)[C@H]3O[C@@H](O)[C@H](O)[C@@H](O)[C@@H]3O)ccc21. The third kappa shape index (κ3) is 8.87. The Bertz CT molecular complexity index is 1860. The molecule has 14 nitrogen and oxygen atoms in total. The third-order valence-electron chi connectivity index (χ3n) is 10.0. The second kappa shape index (κ2) is 17.7. The minimum absolute atomic E-state index is 0.116. The van der Waals surface area contributed by atoms with Gasteiger partial charge in [-0.25, -0.2) is 0 Å². The lowest BCUT2D eigenvalue weighted by Gasteiger charge is -2.37. The summed E-state index contributed by atoms with van der Waals surface area (Å²) in [7, 11) is 0. The van der Waals surface area contributed by atoms with Crippen molar-refractivity contribution in [2.75, 3.05) is 23.4 Å². The first-order valence-electron chi connectivity index (χ1n) is 18.1. The van der Waals surface area contributed by atoms with Crippen LogP contribution in [0.4, 0.5) is 11.4 Å². The first kappa shape index (κ1) is 40.6. The highest BCUT2D eigenvalue weighted by Gasteiger charge is 2.52. The van der Waals surface area contributed by atoms with Crippen molar-refractivity contribution in [1.29, 1.82) is 0 Å². The molecule has 54 heavy (non-hydrogen) atoms. The summed E-state index contributed by atoms with van der Waals surface area (Å²) in [5, 5.41) is 73.5. The Morgan fingerprint density at radius 2 is 1.76 bits per heavy atom. The van der Waals surface area contributed by atoms with Gasteiger partial charge < -0.3 is 45.6 Å². The number of anilines is 2. The smallest absolute Gasteiger partial charge is 0.264 e. The van der Waals surface area contributed by atoms with E-state index in [1.165, 1.54) is 22.6 Å². The van der Waals surface area contributed by atoms with E-state index in [1.807, 2.05) is 63.3 Å². The Hall–Kier alpha value is -4.54. The van der Waals surface area contributed by atoms with Crippen LogP contribution in [0.1, 0.15) is 69.7 Å². The Balaban J connectivity index is 1.35. The number of amides is 2. The number of carbonyl (C=O) groups is 2. The van der Waals surface area contributed by atoms with Gasteiger partial charge in [0.15, 0.2) is 18.0 Å². The number of hydrogen-bond acceptors (Lipinski definition) is 11. The van der Waals surface area contributed by atoms with E-state index in [-0.39, 0.29) is 30.3 Å². The van der Waals surface area contributed by atoms with Crippen LogP contribution in [0.5, 0.6) is 0 Å². The average molecular weight is 746 g/mol. The Labute approximate surface area is 314 Å². The van der Waals surface area contributed by atoms with Crippen LogP contribution in [0.2, 0.25) is 0 Å². The molecule has 0 bridgehead atoms. The van der Waals surface area contributed by atoms with Crippen LogP contribution < -0.4 is 10.2 Å². The predicted octanol–water partition coefficient (Wildman–Crippen LogP) is 2.65. The third-order valence-corrected chi connectivity index (χ3v) is 10.0. The molecule has 0 saturated carbocycles. The van der Waals surface area contributed by atoms with E-state index in [4.69, 9.17) is 4.74 Å². The average Bonchev–Trinajstić information content (AvgIpc) is 3.70. The second-order valence-corrected chi connectivity index (χ2v) is 14.3. The van der Waals surface area contributed by atoms with Crippen molar-refractivity contribution in [1.82, 2.24) is 15.0 Å². The van der Waals surface area contributed by atoms with Gasteiger partial charge in [-0.3, -0.25) is 14.3 Å². The van der Waals surface area contributed by atoms with Crippen molar-refractivity contribution >= 4 is 23.2 Å². The minimum Gasteiger partial charge on any atom is -0.395 e. The molecule has 3 aromatic rings. The zero-order valence-corrected chi connectivity index (χ0v) is 31.0. The number of carbonyl (C=O) groups excluding carboxylic acids is 2. The molecule has 5 rings (SSSR count). The Kier molecular flexibility index (Phi) is 13.3. The number of allylic oxidation sites excluding steroid dienone is 4. The number of aliphatic hydroxyl groups is 6. The maximum absolute atomic E-state index is 14.2.